The molecule has 0 aromatic heterocycles. The van der Waals surface area contributed by atoms with Gasteiger partial charge in [0.2, 0.25) is 5.91 Å². The first-order chi connectivity index (χ1) is 7.59. The van der Waals surface area contributed by atoms with Gasteiger partial charge in [-0.2, -0.15) is 0 Å². The molecule has 2 aliphatic heterocycles. The Hall–Kier alpha value is -0.510. The highest BCUT2D eigenvalue weighted by Gasteiger charge is 2.60. The highest BCUT2D eigenvalue weighted by atomic mass is 32.2. The van der Waals surface area contributed by atoms with Gasteiger partial charge in [0.15, 0.2) is 0 Å². The van der Waals surface area contributed by atoms with Crippen LogP contribution in [0.25, 0.3) is 0 Å². The minimum absolute atomic E-state index is 0.0350. The van der Waals surface area contributed by atoms with E-state index in [9.17, 15) is 9.00 Å². The molecule has 1 amide bonds. The van der Waals surface area contributed by atoms with Crippen LogP contribution in [-0.4, -0.2) is 31.5 Å². The first kappa shape index (κ1) is 10.6. The van der Waals surface area contributed by atoms with Gasteiger partial charge in [-0.05, 0) is 41.6 Å². The molecule has 1 N–H and O–H groups in total. The Kier molecular flexibility index (Phi) is 2.16. The van der Waals surface area contributed by atoms with E-state index >= 15 is 0 Å². The summed E-state index contributed by atoms with van der Waals surface area (Å²) in [5, 5.41) is 3.40. The van der Waals surface area contributed by atoms with Gasteiger partial charge in [-0.1, -0.05) is 6.42 Å². The molecule has 3 atom stereocenters. The molecule has 0 aromatic carbocycles. The largest absolute Gasteiger partial charge is 0.345 e. The molecule has 2 unspecified atom stereocenters. The molecule has 2 heterocycles. The molecule has 90 valence electrons. The predicted molar refractivity (Wildman–Crippen MR) is 66.1 cm³/mol. The molecule has 4 heteroatoms. The van der Waals surface area contributed by atoms with Crippen LogP contribution in [0.3, 0.4) is 0 Å². The van der Waals surface area contributed by atoms with E-state index in [4.69, 9.17) is 0 Å². The summed E-state index contributed by atoms with van der Waals surface area (Å²) in [6.45, 7) is 1.58. The van der Waals surface area contributed by atoms with Crippen LogP contribution in [0.1, 0.15) is 45.4 Å². The second-order valence-corrected chi connectivity index (χ2v) is 8.27. The maximum absolute atomic E-state index is 12.8. The molecule has 2 fully saturated rings. The number of carbonyl (C=O) groups excluding carboxylic acids is 1. The van der Waals surface area contributed by atoms with Crippen LogP contribution in [0.5, 0.6) is 0 Å². The van der Waals surface area contributed by atoms with Crippen molar-refractivity contribution in [2.75, 3.05) is 5.75 Å². The molecule has 0 bridgehead atoms. The van der Waals surface area contributed by atoms with Crippen LogP contribution in [0, 0.1) is 0 Å². The molecule has 1 aliphatic carbocycles. The van der Waals surface area contributed by atoms with E-state index in [-0.39, 0.29) is 16.7 Å². The normalized spacial score (nSPS) is 45.6. The number of hydrogen-bond acceptors (Lipinski definition) is 2. The lowest BCUT2D eigenvalue weighted by molar-refractivity contribution is -0.120. The van der Waals surface area contributed by atoms with Crippen molar-refractivity contribution in [3.8, 4) is 0 Å². The van der Waals surface area contributed by atoms with E-state index in [0.29, 0.717) is 0 Å². The summed E-state index contributed by atoms with van der Waals surface area (Å²) >= 11 is 0. The van der Waals surface area contributed by atoms with E-state index in [1.165, 1.54) is 4.86 Å². The molecule has 3 rings (SSSR count). The lowest BCUT2D eigenvalue weighted by atomic mass is 9.77. The van der Waals surface area contributed by atoms with Gasteiger partial charge in [0, 0.05) is 17.5 Å². The van der Waals surface area contributed by atoms with Crippen molar-refractivity contribution in [2.24, 2.45) is 0 Å². The average Bonchev–Trinajstić information content (AvgIpc) is 2.57. The molecule has 0 spiro atoms. The Labute approximate surface area is 97.0 Å². The van der Waals surface area contributed by atoms with Crippen LogP contribution < -0.4 is 5.32 Å². The van der Waals surface area contributed by atoms with Crippen molar-refractivity contribution in [1.82, 2.24) is 5.32 Å². The third kappa shape index (κ3) is 1.11. The number of amides is 1. The third-order valence-electron chi connectivity index (χ3n) is 4.46. The molecule has 0 radical (unpaired) electrons. The zero-order valence-corrected chi connectivity index (χ0v) is 10.6. The zero-order valence-electron chi connectivity index (χ0n) is 9.75. The van der Waals surface area contributed by atoms with Crippen LogP contribution in [0.4, 0.5) is 0 Å². The summed E-state index contributed by atoms with van der Waals surface area (Å²) in [5.74, 6) is 0.918. The minimum Gasteiger partial charge on any atom is -0.345 e. The first-order valence-electron chi connectivity index (χ1n) is 6.25. The van der Waals surface area contributed by atoms with Gasteiger partial charge < -0.3 is 5.32 Å². The van der Waals surface area contributed by atoms with Crippen LogP contribution >= 0.6 is 0 Å². The molecule has 16 heavy (non-hydrogen) atoms. The molecule has 0 aromatic rings. The number of nitrogens with one attached hydrogen (secondary N) is 1. The van der Waals surface area contributed by atoms with E-state index in [2.05, 4.69) is 5.32 Å². The van der Waals surface area contributed by atoms with Gasteiger partial charge in [-0.15, -0.1) is 0 Å². The fourth-order valence-corrected chi connectivity index (χ4v) is 8.23. The molecule has 1 saturated heterocycles. The second kappa shape index (κ2) is 3.25. The third-order valence-corrected chi connectivity index (χ3v) is 8.32. The zero-order chi connectivity index (χ0) is 11.4. The molecule has 3 nitrogen and oxygen atoms in total. The van der Waals surface area contributed by atoms with Crippen molar-refractivity contribution < 1.29 is 9.00 Å². The van der Waals surface area contributed by atoms with Gasteiger partial charge in [0.25, 0.3) is 0 Å². The number of rotatable bonds is 1. The standard InChI is InChI=1S/C12H19NO2S/c1-9(14)13-12-7-3-2-5-10(12)16(15)8-4-6-11(12)16/h11H,2-8H2,1H3,(H,13,14)/t11-,12?,16?/m0/s1. The van der Waals surface area contributed by atoms with E-state index in [1.807, 2.05) is 0 Å². The maximum atomic E-state index is 12.8. The summed E-state index contributed by atoms with van der Waals surface area (Å²) < 4.78 is 12.8. The van der Waals surface area contributed by atoms with E-state index in [1.54, 1.807) is 6.92 Å². The Morgan fingerprint density at radius 3 is 3.00 bits per heavy atom. The summed E-state index contributed by atoms with van der Waals surface area (Å²) in [7, 11) is -1.70. The highest BCUT2D eigenvalue weighted by Crippen LogP contribution is 2.48. The monoisotopic (exact) mass is 241 g/mol. The Bertz CT molecular complexity index is 462. The Morgan fingerprint density at radius 2 is 2.25 bits per heavy atom. The maximum Gasteiger partial charge on any atom is 0.217 e. The van der Waals surface area contributed by atoms with Crippen molar-refractivity contribution >= 4 is 20.3 Å². The van der Waals surface area contributed by atoms with Crippen LogP contribution in [0.15, 0.2) is 0 Å². The Balaban J connectivity index is 2.08. The summed E-state index contributed by atoms with van der Waals surface area (Å²) in [5.41, 5.74) is -0.155. The van der Waals surface area contributed by atoms with Crippen molar-refractivity contribution in [1.29, 1.82) is 0 Å². The number of fused-ring (bicyclic) bond motifs is 3. The second-order valence-electron chi connectivity index (χ2n) is 5.34. The summed E-state index contributed by atoms with van der Waals surface area (Å²) in [6.07, 6.45) is 6.44. The quantitative estimate of drug-likeness (QED) is 0.698. The van der Waals surface area contributed by atoms with Gasteiger partial charge in [0.1, 0.15) is 0 Å². The lowest BCUT2D eigenvalue weighted by Gasteiger charge is -2.54. The summed E-state index contributed by atoms with van der Waals surface area (Å²) in [6, 6.07) is 0. The highest BCUT2D eigenvalue weighted by molar-refractivity contribution is 8.05. The minimum atomic E-state index is -1.70. The number of carbonyl (C=O) groups is 1. The van der Waals surface area contributed by atoms with E-state index in [0.717, 1.165) is 44.3 Å². The summed E-state index contributed by atoms with van der Waals surface area (Å²) in [4.78, 5) is 12.6. The fourth-order valence-electron chi connectivity index (χ4n) is 4.02. The fraction of sp³-hybridized carbons (Fsp3) is 0.833. The Morgan fingerprint density at radius 1 is 1.44 bits per heavy atom. The first-order valence-corrected chi connectivity index (χ1v) is 8.04. The van der Waals surface area contributed by atoms with Crippen LogP contribution in [0.2, 0.25) is 0 Å². The van der Waals surface area contributed by atoms with E-state index < -0.39 is 9.52 Å². The molecule has 3 aliphatic rings. The van der Waals surface area contributed by atoms with Crippen molar-refractivity contribution in [3.05, 3.63) is 0 Å². The SMILES string of the molecule is CC(=O)NC12CCCCC1=S1(=O)CCC[C@@H]21. The van der Waals surface area contributed by atoms with Gasteiger partial charge in [-0.3, -0.25) is 9.00 Å². The smallest absolute Gasteiger partial charge is 0.217 e. The molecular formula is C12H19NO2S. The van der Waals surface area contributed by atoms with Gasteiger partial charge in [-0.25, -0.2) is 0 Å². The molecular weight excluding hydrogens is 222 g/mol. The lowest BCUT2D eigenvalue weighted by Crippen LogP contribution is -2.72. The van der Waals surface area contributed by atoms with Gasteiger partial charge >= 0.3 is 0 Å². The van der Waals surface area contributed by atoms with Gasteiger partial charge in [0.05, 0.1) is 10.8 Å². The van der Waals surface area contributed by atoms with Crippen molar-refractivity contribution in [3.63, 3.8) is 0 Å². The predicted octanol–water partition coefficient (Wildman–Crippen LogP) is 1.07. The number of hydrogen-bond donors (Lipinski definition) is 1. The van der Waals surface area contributed by atoms with Crippen molar-refractivity contribution in [2.45, 2.75) is 56.2 Å². The molecule has 1 saturated carbocycles. The van der Waals surface area contributed by atoms with Crippen LogP contribution in [-0.2, 0) is 14.3 Å². The topological polar surface area (TPSA) is 46.2 Å². The average molecular weight is 241 g/mol.